The summed E-state index contributed by atoms with van der Waals surface area (Å²) in [6.45, 7) is 3.36. The summed E-state index contributed by atoms with van der Waals surface area (Å²) in [4.78, 5) is 27.9. The predicted molar refractivity (Wildman–Crippen MR) is 103 cm³/mol. The maximum absolute atomic E-state index is 12.9. The van der Waals surface area contributed by atoms with E-state index in [1.807, 2.05) is 60.3 Å². The molecule has 1 aromatic heterocycles. The standard InChI is InChI=1S/C20H27N5O/c1-23(2)19-12-18(21-15-22-19)11-16-13-24(3)9-10-25(14-16)20(26)17-7-5-4-6-8-17/h4-8,12,15-16H,9-11,13-14H2,1-3H3/t16-/m1/s1. The Hall–Kier alpha value is -2.47. The normalized spacial score (nSPS) is 18.4. The van der Waals surface area contributed by atoms with Crippen LogP contribution in [0.25, 0.3) is 0 Å². The van der Waals surface area contributed by atoms with Gasteiger partial charge >= 0.3 is 0 Å². The lowest BCUT2D eigenvalue weighted by atomic mass is 10.0. The zero-order chi connectivity index (χ0) is 18.5. The first-order valence-corrected chi connectivity index (χ1v) is 9.04. The molecule has 6 nitrogen and oxygen atoms in total. The molecular formula is C20H27N5O. The lowest BCUT2D eigenvalue weighted by molar-refractivity contribution is 0.0746. The van der Waals surface area contributed by atoms with Crippen molar-refractivity contribution >= 4 is 11.7 Å². The van der Waals surface area contributed by atoms with Crippen LogP contribution in [0, 0.1) is 5.92 Å². The summed E-state index contributed by atoms with van der Waals surface area (Å²) in [5, 5.41) is 0. The van der Waals surface area contributed by atoms with Crippen LogP contribution in [-0.4, -0.2) is 73.0 Å². The number of carbonyl (C=O) groups is 1. The summed E-state index contributed by atoms with van der Waals surface area (Å²) < 4.78 is 0. The molecule has 1 aromatic carbocycles. The number of hydrogen-bond donors (Lipinski definition) is 0. The van der Waals surface area contributed by atoms with E-state index in [0.717, 1.165) is 49.7 Å². The molecule has 1 fully saturated rings. The number of benzene rings is 1. The second-order valence-electron chi connectivity index (χ2n) is 7.21. The molecule has 2 heterocycles. The lowest BCUT2D eigenvalue weighted by Crippen LogP contribution is -2.36. The molecule has 0 saturated carbocycles. The second kappa shape index (κ2) is 8.27. The third-order valence-corrected chi connectivity index (χ3v) is 4.77. The molecule has 1 aliphatic rings. The molecular weight excluding hydrogens is 326 g/mol. The first kappa shape index (κ1) is 18.3. The number of nitrogens with zero attached hydrogens (tertiary/aromatic N) is 5. The van der Waals surface area contributed by atoms with E-state index in [-0.39, 0.29) is 5.91 Å². The lowest BCUT2D eigenvalue weighted by Gasteiger charge is -2.24. The number of amides is 1. The number of rotatable bonds is 4. The highest BCUT2D eigenvalue weighted by molar-refractivity contribution is 5.94. The van der Waals surface area contributed by atoms with Crippen LogP contribution >= 0.6 is 0 Å². The van der Waals surface area contributed by atoms with Crippen molar-refractivity contribution in [1.29, 1.82) is 0 Å². The Morgan fingerprint density at radius 2 is 1.92 bits per heavy atom. The molecule has 2 aromatic rings. The van der Waals surface area contributed by atoms with Gasteiger partial charge in [-0.15, -0.1) is 0 Å². The molecule has 1 atom stereocenters. The van der Waals surface area contributed by atoms with Crippen molar-refractivity contribution in [3.63, 3.8) is 0 Å². The van der Waals surface area contributed by atoms with Gasteiger partial charge in [0, 0.05) is 57.6 Å². The number of anilines is 1. The monoisotopic (exact) mass is 353 g/mol. The molecule has 0 spiro atoms. The summed E-state index contributed by atoms with van der Waals surface area (Å²) in [6.07, 6.45) is 2.46. The Morgan fingerprint density at radius 1 is 1.15 bits per heavy atom. The number of likely N-dealkylation sites (N-methyl/N-ethyl adjacent to an activating group) is 1. The topological polar surface area (TPSA) is 52.6 Å². The first-order valence-electron chi connectivity index (χ1n) is 9.04. The summed E-state index contributed by atoms with van der Waals surface area (Å²) in [5.41, 5.74) is 1.78. The Morgan fingerprint density at radius 3 is 2.65 bits per heavy atom. The highest BCUT2D eigenvalue weighted by Crippen LogP contribution is 2.17. The van der Waals surface area contributed by atoms with Crippen molar-refractivity contribution in [2.75, 3.05) is 52.2 Å². The minimum Gasteiger partial charge on any atom is -0.363 e. The Bertz CT molecular complexity index is 734. The summed E-state index contributed by atoms with van der Waals surface area (Å²) >= 11 is 0. The third kappa shape index (κ3) is 4.58. The highest BCUT2D eigenvalue weighted by atomic mass is 16.2. The molecule has 26 heavy (non-hydrogen) atoms. The van der Waals surface area contributed by atoms with Gasteiger partial charge in [-0.25, -0.2) is 9.97 Å². The van der Waals surface area contributed by atoms with Crippen LogP contribution < -0.4 is 4.90 Å². The van der Waals surface area contributed by atoms with Gasteiger partial charge in [0.25, 0.3) is 5.91 Å². The van der Waals surface area contributed by atoms with E-state index >= 15 is 0 Å². The average Bonchev–Trinajstić information content (AvgIpc) is 2.83. The largest absolute Gasteiger partial charge is 0.363 e. The van der Waals surface area contributed by atoms with Crippen molar-refractivity contribution < 1.29 is 4.79 Å². The Labute approximate surface area is 155 Å². The fourth-order valence-electron chi connectivity index (χ4n) is 3.40. The van der Waals surface area contributed by atoms with Gasteiger partial charge in [0.05, 0.1) is 0 Å². The van der Waals surface area contributed by atoms with Crippen molar-refractivity contribution in [1.82, 2.24) is 19.8 Å². The third-order valence-electron chi connectivity index (χ3n) is 4.77. The fourth-order valence-corrected chi connectivity index (χ4v) is 3.40. The Balaban J connectivity index is 1.74. The van der Waals surface area contributed by atoms with E-state index in [0.29, 0.717) is 5.92 Å². The predicted octanol–water partition coefficient (Wildman–Crippen LogP) is 1.79. The molecule has 0 aliphatic carbocycles. The van der Waals surface area contributed by atoms with Crippen molar-refractivity contribution in [3.05, 3.63) is 54.0 Å². The first-order chi connectivity index (χ1) is 12.5. The van der Waals surface area contributed by atoms with Crippen LogP contribution in [0.3, 0.4) is 0 Å². The van der Waals surface area contributed by atoms with E-state index in [9.17, 15) is 4.79 Å². The van der Waals surface area contributed by atoms with Crippen molar-refractivity contribution in [3.8, 4) is 0 Å². The van der Waals surface area contributed by atoms with E-state index in [1.54, 1.807) is 6.33 Å². The Kier molecular flexibility index (Phi) is 5.83. The molecule has 138 valence electrons. The van der Waals surface area contributed by atoms with Crippen LogP contribution in [0.15, 0.2) is 42.7 Å². The summed E-state index contributed by atoms with van der Waals surface area (Å²) in [6, 6.07) is 11.6. The molecule has 6 heteroatoms. The van der Waals surface area contributed by atoms with Crippen LogP contribution in [0.2, 0.25) is 0 Å². The molecule has 0 bridgehead atoms. The minimum atomic E-state index is 0.113. The van der Waals surface area contributed by atoms with Crippen LogP contribution in [0.5, 0.6) is 0 Å². The molecule has 3 rings (SSSR count). The zero-order valence-electron chi connectivity index (χ0n) is 15.8. The highest BCUT2D eigenvalue weighted by Gasteiger charge is 2.25. The van der Waals surface area contributed by atoms with Crippen LogP contribution in [0.1, 0.15) is 16.1 Å². The number of hydrogen-bond acceptors (Lipinski definition) is 5. The molecule has 0 radical (unpaired) electrons. The van der Waals surface area contributed by atoms with Gasteiger partial charge in [-0.3, -0.25) is 4.79 Å². The summed E-state index contributed by atoms with van der Waals surface area (Å²) in [7, 11) is 6.08. The number of aromatic nitrogens is 2. The molecule has 0 unspecified atom stereocenters. The van der Waals surface area contributed by atoms with Gasteiger partial charge in [0.1, 0.15) is 12.1 Å². The average molecular weight is 353 g/mol. The number of carbonyl (C=O) groups excluding carboxylic acids is 1. The van der Waals surface area contributed by atoms with Gasteiger partial charge in [-0.1, -0.05) is 18.2 Å². The van der Waals surface area contributed by atoms with Crippen molar-refractivity contribution in [2.24, 2.45) is 5.92 Å². The maximum atomic E-state index is 12.9. The molecule has 0 N–H and O–H groups in total. The molecule has 1 amide bonds. The maximum Gasteiger partial charge on any atom is 0.253 e. The smallest absolute Gasteiger partial charge is 0.253 e. The van der Waals surface area contributed by atoms with Gasteiger partial charge in [-0.2, -0.15) is 0 Å². The SMILES string of the molecule is CN1CCN(C(=O)c2ccccc2)C[C@H](Cc2cc(N(C)C)ncn2)C1. The van der Waals surface area contributed by atoms with E-state index in [1.165, 1.54) is 0 Å². The fraction of sp³-hybridized carbons (Fsp3) is 0.450. The zero-order valence-corrected chi connectivity index (χ0v) is 15.8. The quantitative estimate of drug-likeness (QED) is 0.839. The van der Waals surface area contributed by atoms with Gasteiger partial charge in [0.15, 0.2) is 0 Å². The van der Waals surface area contributed by atoms with Gasteiger partial charge in [-0.05, 0) is 31.5 Å². The molecule has 1 saturated heterocycles. The van der Waals surface area contributed by atoms with Gasteiger partial charge in [0.2, 0.25) is 0 Å². The molecule has 1 aliphatic heterocycles. The van der Waals surface area contributed by atoms with Crippen LogP contribution in [0.4, 0.5) is 5.82 Å². The summed E-state index contributed by atoms with van der Waals surface area (Å²) in [5.74, 6) is 1.37. The van der Waals surface area contributed by atoms with E-state index < -0.39 is 0 Å². The minimum absolute atomic E-state index is 0.113. The van der Waals surface area contributed by atoms with Crippen molar-refractivity contribution in [2.45, 2.75) is 6.42 Å². The van der Waals surface area contributed by atoms with Gasteiger partial charge < -0.3 is 14.7 Å². The second-order valence-corrected chi connectivity index (χ2v) is 7.21. The van der Waals surface area contributed by atoms with E-state index in [4.69, 9.17) is 0 Å². The van der Waals surface area contributed by atoms with Crippen LogP contribution in [-0.2, 0) is 6.42 Å². The van der Waals surface area contributed by atoms with E-state index in [2.05, 4.69) is 21.9 Å².